The summed E-state index contributed by atoms with van der Waals surface area (Å²) in [6, 6.07) is 12.7. The molecular weight excluding hydrogens is 254 g/mol. The molecular formula is C16H19NO3. The van der Waals surface area contributed by atoms with Crippen molar-refractivity contribution < 1.29 is 13.9 Å². The molecule has 4 nitrogen and oxygen atoms in total. The highest BCUT2D eigenvalue weighted by Gasteiger charge is 2.24. The number of hydrogen-bond acceptors (Lipinski definition) is 4. The second-order valence-electron chi connectivity index (χ2n) is 4.50. The van der Waals surface area contributed by atoms with Crippen molar-refractivity contribution >= 4 is 5.97 Å². The summed E-state index contributed by atoms with van der Waals surface area (Å²) >= 11 is 0. The Morgan fingerprint density at radius 2 is 2.00 bits per heavy atom. The van der Waals surface area contributed by atoms with Gasteiger partial charge in [-0.15, -0.1) is 0 Å². The fraction of sp³-hybridized carbons (Fsp3) is 0.312. The molecule has 0 spiro atoms. The van der Waals surface area contributed by atoms with Crippen molar-refractivity contribution in [3.05, 3.63) is 60.1 Å². The van der Waals surface area contributed by atoms with Crippen molar-refractivity contribution in [3.63, 3.8) is 0 Å². The number of hydrogen-bond donors (Lipinski definition) is 1. The van der Waals surface area contributed by atoms with Gasteiger partial charge < -0.3 is 9.15 Å². The van der Waals surface area contributed by atoms with Crippen LogP contribution < -0.4 is 5.32 Å². The summed E-state index contributed by atoms with van der Waals surface area (Å²) in [5.41, 5.74) is 0.879. The normalized spacial score (nSPS) is 13.7. The van der Waals surface area contributed by atoms with E-state index in [1.54, 1.807) is 13.2 Å². The molecule has 0 fully saturated rings. The Balaban J connectivity index is 2.17. The molecule has 1 aromatic carbocycles. The molecule has 1 N–H and O–H groups in total. The molecule has 0 aliphatic rings. The van der Waals surface area contributed by atoms with Gasteiger partial charge in [0.2, 0.25) is 0 Å². The van der Waals surface area contributed by atoms with Gasteiger partial charge in [0, 0.05) is 0 Å². The first-order chi connectivity index (χ1) is 9.72. The van der Waals surface area contributed by atoms with Gasteiger partial charge in [0.05, 0.1) is 18.9 Å². The summed E-state index contributed by atoms with van der Waals surface area (Å²) in [4.78, 5) is 12.1. The first-order valence-corrected chi connectivity index (χ1v) is 6.73. The van der Waals surface area contributed by atoms with Crippen LogP contribution in [0.5, 0.6) is 0 Å². The lowest BCUT2D eigenvalue weighted by Gasteiger charge is -2.21. The molecule has 0 saturated carbocycles. The van der Waals surface area contributed by atoms with Crippen LogP contribution in [0.3, 0.4) is 0 Å². The molecule has 0 radical (unpaired) electrons. The number of carbonyl (C=O) groups excluding carboxylic acids is 1. The smallest absolute Gasteiger partial charge is 0.327 e. The van der Waals surface area contributed by atoms with Crippen LogP contribution in [0.2, 0.25) is 0 Å². The van der Waals surface area contributed by atoms with Crippen LogP contribution in [0.4, 0.5) is 0 Å². The van der Waals surface area contributed by atoms with Crippen molar-refractivity contribution in [2.75, 3.05) is 6.61 Å². The number of carbonyl (C=O) groups is 1. The summed E-state index contributed by atoms with van der Waals surface area (Å²) in [5.74, 6) is 0.507. The molecule has 20 heavy (non-hydrogen) atoms. The quantitative estimate of drug-likeness (QED) is 0.821. The van der Waals surface area contributed by atoms with Gasteiger partial charge in [-0.1, -0.05) is 30.3 Å². The Bertz CT molecular complexity index is 522. The second-order valence-corrected chi connectivity index (χ2v) is 4.50. The lowest BCUT2D eigenvalue weighted by atomic mass is 10.1. The largest absolute Gasteiger partial charge is 0.468 e. The average molecular weight is 273 g/mol. The zero-order valence-electron chi connectivity index (χ0n) is 11.7. The standard InChI is InChI=1S/C16H19NO3/c1-3-19-16(18)15(13-8-5-4-6-9-13)17-12(2)14-10-7-11-20-14/h4-12,15,17H,3H2,1-2H3/t12-,15?/m0/s1. The summed E-state index contributed by atoms with van der Waals surface area (Å²) < 4.78 is 10.5. The average Bonchev–Trinajstić information content (AvgIpc) is 3.00. The van der Waals surface area contributed by atoms with Gasteiger partial charge in [0.15, 0.2) is 0 Å². The zero-order chi connectivity index (χ0) is 14.4. The maximum absolute atomic E-state index is 12.1. The van der Waals surface area contributed by atoms with Crippen LogP contribution in [0, 0.1) is 0 Å². The van der Waals surface area contributed by atoms with Gasteiger partial charge in [0.25, 0.3) is 0 Å². The fourth-order valence-electron chi connectivity index (χ4n) is 2.04. The van der Waals surface area contributed by atoms with Crippen LogP contribution >= 0.6 is 0 Å². The number of nitrogens with one attached hydrogen (secondary N) is 1. The molecule has 2 aromatic rings. The Morgan fingerprint density at radius 3 is 2.60 bits per heavy atom. The van der Waals surface area contributed by atoms with E-state index in [0.29, 0.717) is 6.61 Å². The first kappa shape index (κ1) is 14.3. The molecule has 4 heteroatoms. The van der Waals surface area contributed by atoms with Crippen LogP contribution in [-0.4, -0.2) is 12.6 Å². The molecule has 0 amide bonds. The molecule has 2 atom stereocenters. The molecule has 1 unspecified atom stereocenters. The monoisotopic (exact) mass is 273 g/mol. The lowest BCUT2D eigenvalue weighted by molar-refractivity contribution is -0.146. The second kappa shape index (κ2) is 6.91. The Labute approximate surface area is 118 Å². The van der Waals surface area contributed by atoms with E-state index in [9.17, 15) is 4.79 Å². The zero-order valence-corrected chi connectivity index (χ0v) is 11.7. The predicted octanol–water partition coefficient (Wildman–Crippen LogP) is 3.23. The van der Waals surface area contributed by atoms with E-state index in [4.69, 9.17) is 9.15 Å². The minimum Gasteiger partial charge on any atom is -0.468 e. The van der Waals surface area contributed by atoms with Crippen LogP contribution in [0.15, 0.2) is 53.1 Å². The van der Waals surface area contributed by atoms with Gasteiger partial charge in [0.1, 0.15) is 11.8 Å². The molecule has 0 saturated heterocycles. The summed E-state index contributed by atoms with van der Waals surface area (Å²) in [6.45, 7) is 4.11. The van der Waals surface area contributed by atoms with Crippen LogP contribution in [-0.2, 0) is 9.53 Å². The van der Waals surface area contributed by atoms with E-state index in [1.807, 2.05) is 49.4 Å². The van der Waals surface area contributed by atoms with Gasteiger partial charge in [-0.25, -0.2) is 4.79 Å². The molecule has 0 aliphatic carbocycles. The third kappa shape index (κ3) is 3.48. The van der Waals surface area contributed by atoms with Gasteiger partial charge in [-0.3, -0.25) is 5.32 Å². The van der Waals surface area contributed by atoms with Gasteiger partial charge >= 0.3 is 5.97 Å². The summed E-state index contributed by atoms with van der Waals surface area (Å²) in [6.07, 6.45) is 1.62. The summed E-state index contributed by atoms with van der Waals surface area (Å²) in [7, 11) is 0. The molecule has 1 heterocycles. The number of esters is 1. The SMILES string of the molecule is CCOC(=O)C(N[C@@H](C)c1ccco1)c1ccccc1. The number of rotatable bonds is 6. The highest BCUT2D eigenvalue weighted by atomic mass is 16.5. The highest BCUT2D eigenvalue weighted by molar-refractivity contribution is 5.77. The van der Waals surface area contributed by atoms with Gasteiger partial charge in [-0.05, 0) is 31.5 Å². The number of benzene rings is 1. The Morgan fingerprint density at radius 1 is 1.25 bits per heavy atom. The Kier molecular flexibility index (Phi) is 4.96. The predicted molar refractivity (Wildman–Crippen MR) is 76.1 cm³/mol. The number of ether oxygens (including phenoxy) is 1. The summed E-state index contributed by atoms with van der Waals surface area (Å²) in [5, 5.41) is 3.25. The van der Waals surface area contributed by atoms with E-state index in [1.165, 1.54) is 0 Å². The van der Waals surface area contributed by atoms with Crippen molar-refractivity contribution in [3.8, 4) is 0 Å². The third-order valence-corrected chi connectivity index (χ3v) is 3.04. The van der Waals surface area contributed by atoms with Crippen LogP contribution in [0.25, 0.3) is 0 Å². The topological polar surface area (TPSA) is 51.5 Å². The van der Waals surface area contributed by atoms with Crippen LogP contribution in [0.1, 0.15) is 37.3 Å². The van der Waals surface area contributed by atoms with Crippen molar-refractivity contribution in [2.45, 2.75) is 25.9 Å². The Hall–Kier alpha value is -2.07. The van der Waals surface area contributed by atoms with Crippen molar-refractivity contribution in [1.29, 1.82) is 0 Å². The first-order valence-electron chi connectivity index (χ1n) is 6.73. The molecule has 106 valence electrons. The number of furan rings is 1. The minimum absolute atomic E-state index is 0.0837. The fourth-order valence-corrected chi connectivity index (χ4v) is 2.04. The molecule has 0 aliphatic heterocycles. The van der Waals surface area contributed by atoms with Crippen molar-refractivity contribution in [2.24, 2.45) is 0 Å². The van der Waals surface area contributed by atoms with E-state index in [-0.39, 0.29) is 12.0 Å². The maximum Gasteiger partial charge on any atom is 0.327 e. The molecule has 2 rings (SSSR count). The molecule has 1 aromatic heterocycles. The maximum atomic E-state index is 12.1. The minimum atomic E-state index is -0.503. The van der Waals surface area contributed by atoms with E-state index < -0.39 is 6.04 Å². The van der Waals surface area contributed by atoms with E-state index in [0.717, 1.165) is 11.3 Å². The molecule has 0 bridgehead atoms. The lowest BCUT2D eigenvalue weighted by Crippen LogP contribution is -2.32. The van der Waals surface area contributed by atoms with Crippen molar-refractivity contribution in [1.82, 2.24) is 5.32 Å². The third-order valence-electron chi connectivity index (χ3n) is 3.04. The van der Waals surface area contributed by atoms with E-state index in [2.05, 4.69) is 5.32 Å². The van der Waals surface area contributed by atoms with Gasteiger partial charge in [-0.2, -0.15) is 0 Å². The van der Waals surface area contributed by atoms with E-state index >= 15 is 0 Å². The highest BCUT2D eigenvalue weighted by Crippen LogP contribution is 2.21.